The van der Waals surface area contributed by atoms with Gasteiger partial charge in [0.05, 0.1) is 12.1 Å². The van der Waals surface area contributed by atoms with Gasteiger partial charge in [-0.25, -0.2) is 4.52 Å². The normalized spacial score (nSPS) is 13.4. The third kappa shape index (κ3) is 3.38. The van der Waals surface area contributed by atoms with Crippen LogP contribution in [0.15, 0.2) is 36.7 Å². The Bertz CT molecular complexity index is 608. The fourth-order valence-electron chi connectivity index (χ4n) is 1.69. The molecule has 0 N–H and O–H groups in total. The molecule has 0 aromatic carbocycles. The van der Waals surface area contributed by atoms with Crippen LogP contribution in [-0.2, 0) is 4.43 Å². The number of pyridine rings is 1. The monoisotopic (exact) mass is 288 g/mol. The molecule has 20 heavy (non-hydrogen) atoms. The molecule has 3 nitrogen and oxygen atoms in total. The van der Waals surface area contributed by atoms with Gasteiger partial charge >= 0.3 is 0 Å². The van der Waals surface area contributed by atoms with Gasteiger partial charge in [0, 0.05) is 12.4 Å². The zero-order valence-electron chi connectivity index (χ0n) is 13.1. The van der Waals surface area contributed by atoms with Gasteiger partial charge in [-0.05, 0) is 35.8 Å². The summed E-state index contributed by atoms with van der Waals surface area (Å²) in [6.07, 6.45) is 8.01. The highest BCUT2D eigenvalue weighted by Crippen LogP contribution is 2.36. The van der Waals surface area contributed by atoms with Gasteiger partial charge in [0.1, 0.15) is 0 Å². The fourth-order valence-corrected chi connectivity index (χ4v) is 2.63. The van der Waals surface area contributed by atoms with Crippen molar-refractivity contribution >= 4 is 19.9 Å². The smallest absolute Gasteiger partial charge is 0.192 e. The van der Waals surface area contributed by atoms with E-state index in [2.05, 4.69) is 63.2 Å². The molecule has 2 heterocycles. The first-order chi connectivity index (χ1) is 9.29. The molecule has 4 heteroatoms. The van der Waals surface area contributed by atoms with E-state index in [1.165, 1.54) is 0 Å². The first-order valence-corrected chi connectivity index (χ1v) is 9.94. The first kappa shape index (κ1) is 15.0. The summed E-state index contributed by atoms with van der Waals surface area (Å²) in [5.41, 5.74) is 2.25. The summed E-state index contributed by atoms with van der Waals surface area (Å²) in [5.74, 6) is 0. The minimum absolute atomic E-state index is 0.259. The van der Waals surface area contributed by atoms with Crippen molar-refractivity contribution in [2.45, 2.75) is 38.9 Å². The molecule has 0 atom stereocenters. The van der Waals surface area contributed by atoms with Crippen LogP contribution in [0.2, 0.25) is 18.1 Å². The molecule has 0 aliphatic rings. The molecule has 2 aromatic rings. The van der Waals surface area contributed by atoms with Gasteiger partial charge in [-0.3, -0.25) is 0 Å². The van der Waals surface area contributed by atoms with Crippen LogP contribution in [0.1, 0.15) is 26.3 Å². The van der Waals surface area contributed by atoms with Crippen LogP contribution in [-0.4, -0.2) is 24.5 Å². The van der Waals surface area contributed by atoms with E-state index in [9.17, 15) is 0 Å². The van der Waals surface area contributed by atoms with Crippen molar-refractivity contribution in [1.82, 2.24) is 9.61 Å². The number of nitrogens with zero attached hydrogens (tertiary/aromatic N) is 2. The van der Waals surface area contributed by atoms with Crippen molar-refractivity contribution in [3.05, 3.63) is 42.2 Å². The van der Waals surface area contributed by atoms with Gasteiger partial charge in [0.2, 0.25) is 0 Å². The Morgan fingerprint density at radius 3 is 2.70 bits per heavy atom. The molecule has 0 saturated carbocycles. The van der Waals surface area contributed by atoms with Gasteiger partial charge in [0.25, 0.3) is 0 Å². The lowest BCUT2D eigenvalue weighted by Crippen LogP contribution is -2.40. The fraction of sp³-hybridized carbons (Fsp3) is 0.438. The Labute approximate surface area is 122 Å². The van der Waals surface area contributed by atoms with Crippen molar-refractivity contribution in [3.63, 3.8) is 0 Å². The van der Waals surface area contributed by atoms with E-state index < -0.39 is 8.32 Å². The predicted octanol–water partition coefficient (Wildman–Crippen LogP) is 4.37. The molecule has 108 valence electrons. The van der Waals surface area contributed by atoms with Crippen LogP contribution in [0, 0.1) is 0 Å². The highest BCUT2D eigenvalue weighted by molar-refractivity contribution is 6.74. The number of rotatable bonds is 4. The highest BCUT2D eigenvalue weighted by Gasteiger charge is 2.36. The maximum atomic E-state index is 6.12. The van der Waals surface area contributed by atoms with Crippen molar-refractivity contribution in [2.75, 3.05) is 6.61 Å². The average molecular weight is 288 g/mol. The van der Waals surface area contributed by atoms with Gasteiger partial charge in [0.15, 0.2) is 8.32 Å². The second-order valence-electron chi connectivity index (χ2n) is 6.64. The van der Waals surface area contributed by atoms with E-state index >= 15 is 0 Å². The minimum Gasteiger partial charge on any atom is -0.413 e. The molecule has 2 aromatic heterocycles. The lowest BCUT2D eigenvalue weighted by atomic mass is 10.2. The van der Waals surface area contributed by atoms with Crippen LogP contribution < -0.4 is 0 Å². The average Bonchev–Trinajstić information content (AvgIpc) is 2.80. The van der Waals surface area contributed by atoms with Gasteiger partial charge < -0.3 is 4.43 Å². The summed E-state index contributed by atoms with van der Waals surface area (Å²) in [6.45, 7) is 12.0. The van der Waals surface area contributed by atoms with Crippen LogP contribution in [0.5, 0.6) is 0 Å². The lowest BCUT2D eigenvalue weighted by molar-refractivity contribution is 0.328. The number of hydrogen-bond donors (Lipinski definition) is 0. The zero-order chi connectivity index (χ0) is 14.8. The molecule has 0 amide bonds. The largest absolute Gasteiger partial charge is 0.413 e. The van der Waals surface area contributed by atoms with Crippen LogP contribution in [0.25, 0.3) is 11.6 Å². The summed E-state index contributed by atoms with van der Waals surface area (Å²) < 4.78 is 8.00. The Hall–Kier alpha value is -1.39. The molecule has 0 fully saturated rings. The summed E-state index contributed by atoms with van der Waals surface area (Å²) >= 11 is 0. The van der Waals surface area contributed by atoms with Gasteiger partial charge in [-0.15, -0.1) is 0 Å². The topological polar surface area (TPSA) is 26.5 Å². The van der Waals surface area contributed by atoms with E-state index in [0.29, 0.717) is 6.61 Å². The molecule has 0 unspecified atom stereocenters. The minimum atomic E-state index is -1.64. The van der Waals surface area contributed by atoms with Crippen molar-refractivity contribution in [3.8, 4) is 0 Å². The first-order valence-electron chi connectivity index (χ1n) is 7.03. The Balaban J connectivity index is 1.96. The predicted molar refractivity (Wildman–Crippen MR) is 87.4 cm³/mol. The quantitative estimate of drug-likeness (QED) is 0.781. The second kappa shape index (κ2) is 5.54. The third-order valence-corrected chi connectivity index (χ3v) is 8.58. The molecule has 0 aliphatic carbocycles. The van der Waals surface area contributed by atoms with Crippen LogP contribution >= 0.6 is 0 Å². The maximum absolute atomic E-state index is 6.12. The van der Waals surface area contributed by atoms with Gasteiger partial charge in [-0.2, -0.15) is 5.10 Å². The molecule has 0 saturated heterocycles. The van der Waals surface area contributed by atoms with E-state index in [0.717, 1.165) is 11.1 Å². The highest BCUT2D eigenvalue weighted by atomic mass is 28.4. The zero-order valence-corrected chi connectivity index (χ0v) is 14.1. The number of fused-ring (bicyclic) bond motifs is 1. The summed E-state index contributed by atoms with van der Waals surface area (Å²) in [7, 11) is -1.64. The molecule has 0 aliphatic heterocycles. The van der Waals surface area contributed by atoms with Crippen molar-refractivity contribution in [2.24, 2.45) is 0 Å². The molecule has 0 spiro atoms. The van der Waals surface area contributed by atoms with Crippen LogP contribution in [0.4, 0.5) is 0 Å². The van der Waals surface area contributed by atoms with Gasteiger partial charge in [-0.1, -0.05) is 39.0 Å². The molecule has 2 rings (SSSR count). The van der Waals surface area contributed by atoms with E-state index in [1.807, 2.05) is 23.0 Å². The van der Waals surface area contributed by atoms with E-state index in [4.69, 9.17) is 4.43 Å². The summed E-state index contributed by atoms with van der Waals surface area (Å²) in [6, 6.07) is 6.16. The van der Waals surface area contributed by atoms with Crippen molar-refractivity contribution < 1.29 is 4.43 Å². The third-order valence-electron chi connectivity index (χ3n) is 4.08. The van der Waals surface area contributed by atoms with E-state index in [1.54, 1.807) is 0 Å². The Kier molecular flexibility index (Phi) is 4.16. The Morgan fingerprint density at radius 1 is 1.25 bits per heavy atom. The molecular formula is C16H24N2OSi. The van der Waals surface area contributed by atoms with Crippen molar-refractivity contribution in [1.29, 1.82) is 0 Å². The lowest BCUT2D eigenvalue weighted by Gasteiger charge is -2.35. The Morgan fingerprint density at radius 2 is 2.00 bits per heavy atom. The summed E-state index contributed by atoms with van der Waals surface area (Å²) in [4.78, 5) is 0. The SMILES string of the molecule is CC(C)(C)[Si](C)(C)OC/C=C/c1ccc2ccnn2c1. The molecule has 0 radical (unpaired) electrons. The molecule has 0 bridgehead atoms. The van der Waals surface area contributed by atoms with Crippen LogP contribution in [0.3, 0.4) is 0 Å². The summed E-state index contributed by atoms with van der Waals surface area (Å²) in [5, 5.41) is 4.50. The van der Waals surface area contributed by atoms with E-state index in [-0.39, 0.29) is 5.04 Å². The number of hydrogen-bond acceptors (Lipinski definition) is 2. The maximum Gasteiger partial charge on any atom is 0.192 e. The second-order valence-corrected chi connectivity index (χ2v) is 11.4. The standard InChI is InChI=1S/C16H24N2OSi/c1-16(2,3)20(4,5)19-12-6-7-14-8-9-15-10-11-17-18(15)13-14/h6-11,13H,12H2,1-5H3/b7-6+. The molecular weight excluding hydrogens is 264 g/mol. The number of aromatic nitrogens is 2.